The summed E-state index contributed by atoms with van der Waals surface area (Å²) >= 11 is 0. The van der Waals surface area contributed by atoms with Gasteiger partial charge in [-0.3, -0.25) is 9.20 Å². The van der Waals surface area contributed by atoms with E-state index in [-0.39, 0.29) is 5.91 Å². The third-order valence-electron chi connectivity index (χ3n) is 2.38. The van der Waals surface area contributed by atoms with Crippen molar-refractivity contribution >= 4 is 11.6 Å². The first-order chi connectivity index (χ1) is 7.72. The Morgan fingerprint density at radius 1 is 1.50 bits per heavy atom. The van der Waals surface area contributed by atoms with Crippen LogP contribution in [0.25, 0.3) is 5.65 Å². The van der Waals surface area contributed by atoms with Crippen LogP contribution in [-0.2, 0) is 0 Å². The molecule has 84 valence electrons. The Labute approximate surface area is 93.5 Å². The third kappa shape index (κ3) is 1.88. The van der Waals surface area contributed by atoms with E-state index in [0.29, 0.717) is 17.8 Å². The first-order valence-corrected chi connectivity index (χ1v) is 5.32. The van der Waals surface area contributed by atoms with E-state index in [2.05, 4.69) is 15.5 Å². The zero-order chi connectivity index (χ0) is 11.5. The Hall–Kier alpha value is -1.91. The van der Waals surface area contributed by atoms with Crippen molar-refractivity contribution in [3.05, 3.63) is 29.7 Å². The molecule has 0 radical (unpaired) electrons. The van der Waals surface area contributed by atoms with Crippen LogP contribution in [0.1, 0.15) is 29.5 Å². The van der Waals surface area contributed by atoms with Gasteiger partial charge in [0, 0.05) is 18.3 Å². The summed E-state index contributed by atoms with van der Waals surface area (Å²) in [5, 5.41) is 10.7. The molecule has 0 spiro atoms. The van der Waals surface area contributed by atoms with Crippen molar-refractivity contribution in [3.63, 3.8) is 0 Å². The first kappa shape index (κ1) is 10.6. The predicted octanol–water partition coefficient (Wildman–Crippen LogP) is 1.18. The molecule has 1 N–H and O–H groups in total. The summed E-state index contributed by atoms with van der Waals surface area (Å²) in [6.07, 6.45) is 2.74. The maximum Gasteiger partial charge on any atom is 0.251 e. The smallest absolute Gasteiger partial charge is 0.251 e. The number of pyridine rings is 1. The van der Waals surface area contributed by atoms with Crippen LogP contribution in [0.3, 0.4) is 0 Å². The molecule has 0 unspecified atom stereocenters. The fourth-order valence-corrected chi connectivity index (χ4v) is 1.49. The van der Waals surface area contributed by atoms with Gasteiger partial charge in [0.2, 0.25) is 0 Å². The molecule has 0 bridgehead atoms. The summed E-state index contributed by atoms with van der Waals surface area (Å²) in [6, 6.07) is 3.51. The van der Waals surface area contributed by atoms with Gasteiger partial charge >= 0.3 is 0 Å². The lowest BCUT2D eigenvalue weighted by molar-refractivity contribution is 0.0953. The molecule has 5 nitrogen and oxygen atoms in total. The molecule has 0 aliphatic carbocycles. The first-order valence-electron chi connectivity index (χ1n) is 5.32. The number of carbonyl (C=O) groups is 1. The van der Waals surface area contributed by atoms with E-state index in [9.17, 15) is 4.79 Å². The second-order valence-electron chi connectivity index (χ2n) is 3.65. The molecule has 0 saturated heterocycles. The van der Waals surface area contributed by atoms with Crippen LogP contribution in [0, 0.1) is 6.92 Å². The molecule has 2 aromatic rings. The molecule has 0 aromatic carbocycles. The lowest BCUT2D eigenvalue weighted by Gasteiger charge is -2.03. The van der Waals surface area contributed by atoms with Gasteiger partial charge in [-0.25, -0.2) is 0 Å². The zero-order valence-corrected chi connectivity index (χ0v) is 9.40. The standard InChI is InChI=1S/C11H14N4O/c1-3-5-12-11(16)9-4-6-15-8(2)13-14-10(15)7-9/h4,6-7H,3,5H2,1-2H3,(H,12,16). The van der Waals surface area contributed by atoms with E-state index in [4.69, 9.17) is 0 Å². The molecule has 2 aromatic heterocycles. The van der Waals surface area contributed by atoms with Gasteiger partial charge in [-0.15, -0.1) is 10.2 Å². The van der Waals surface area contributed by atoms with Crippen molar-refractivity contribution in [3.8, 4) is 0 Å². The van der Waals surface area contributed by atoms with Crippen LogP contribution in [0.5, 0.6) is 0 Å². The average molecular weight is 218 g/mol. The highest BCUT2D eigenvalue weighted by molar-refractivity contribution is 5.94. The molecule has 16 heavy (non-hydrogen) atoms. The third-order valence-corrected chi connectivity index (χ3v) is 2.38. The van der Waals surface area contributed by atoms with Crippen molar-refractivity contribution in [1.82, 2.24) is 19.9 Å². The minimum Gasteiger partial charge on any atom is -0.352 e. The summed E-state index contributed by atoms with van der Waals surface area (Å²) in [7, 11) is 0. The van der Waals surface area contributed by atoms with Crippen LogP contribution in [-0.4, -0.2) is 27.0 Å². The number of hydrogen-bond donors (Lipinski definition) is 1. The number of nitrogens with zero attached hydrogens (tertiary/aromatic N) is 3. The number of carbonyl (C=O) groups excluding carboxylic acids is 1. The Kier molecular flexibility index (Phi) is 2.85. The normalized spacial score (nSPS) is 10.6. The Balaban J connectivity index is 2.29. The molecule has 0 fully saturated rings. The average Bonchev–Trinajstić information content (AvgIpc) is 2.67. The van der Waals surface area contributed by atoms with Gasteiger partial charge in [-0.05, 0) is 25.5 Å². The SMILES string of the molecule is CCCNC(=O)c1ccn2c(C)nnc2c1. The monoisotopic (exact) mass is 218 g/mol. The Morgan fingerprint density at radius 3 is 3.06 bits per heavy atom. The van der Waals surface area contributed by atoms with Crippen LogP contribution >= 0.6 is 0 Å². The largest absolute Gasteiger partial charge is 0.352 e. The van der Waals surface area contributed by atoms with Gasteiger partial charge in [-0.1, -0.05) is 6.92 Å². The van der Waals surface area contributed by atoms with Crippen LogP contribution < -0.4 is 5.32 Å². The van der Waals surface area contributed by atoms with Gasteiger partial charge in [0.25, 0.3) is 5.91 Å². The van der Waals surface area contributed by atoms with E-state index in [1.165, 1.54) is 0 Å². The minimum atomic E-state index is -0.0648. The number of aryl methyl sites for hydroxylation is 1. The molecule has 2 rings (SSSR count). The molecule has 0 saturated carbocycles. The highest BCUT2D eigenvalue weighted by atomic mass is 16.1. The summed E-state index contributed by atoms with van der Waals surface area (Å²) < 4.78 is 1.84. The van der Waals surface area contributed by atoms with Gasteiger partial charge in [0.05, 0.1) is 0 Å². The number of nitrogens with one attached hydrogen (secondary N) is 1. The van der Waals surface area contributed by atoms with E-state index < -0.39 is 0 Å². The number of fused-ring (bicyclic) bond motifs is 1. The van der Waals surface area contributed by atoms with Gasteiger partial charge in [-0.2, -0.15) is 0 Å². The maximum atomic E-state index is 11.7. The fourth-order valence-electron chi connectivity index (χ4n) is 1.49. The summed E-state index contributed by atoms with van der Waals surface area (Å²) in [4.78, 5) is 11.7. The fraction of sp³-hybridized carbons (Fsp3) is 0.364. The highest BCUT2D eigenvalue weighted by Crippen LogP contribution is 2.06. The second-order valence-corrected chi connectivity index (χ2v) is 3.65. The molecule has 2 heterocycles. The van der Waals surface area contributed by atoms with Crippen molar-refractivity contribution in [2.75, 3.05) is 6.54 Å². The molecule has 1 amide bonds. The summed E-state index contributed by atoms with van der Waals surface area (Å²) in [5.74, 6) is 0.750. The molecule has 0 atom stereocenters. The Bertz CT molecular complexity index is 518. The molecule has 0 aliphatic rings. The molecular formula is C11H14N4O. The van der Waals surface area contributed by atoms with Crippen LogP contribution in [0.2, 0.25) is 0 Å². The van der Waals surface area contributed by atoms with E-state index in [1.54, 1.807) is 12.1 Å². The lowest BCUT2D eigenvalue weighted by atomic mass is 10.2. The molecule has 0 aliphatic heterocycles. The van der Waals surface area contributed by atoms with Gasteiger partial charge in [0.15, 0.2) is 5.65 Å². The van der Waals surface area contributed by atoms with Crippen LogP contribution in [0.4, 0.5) is 0 Å². The highest BCUT2D eigenvalue weighted by Gasteiger charge is 2.07. The predicted molar refractivity (Wildman–Crippen MR) is 60.3 cm³/mol. The van der Waals surface area contributed by atoms with Crippen molar-refractivity contribution in [1.29, 1.82) is 0 Å². The quantitative estimate of drug-likeness (QED) is 0.841. The minimum absolute atomic E-state index is 0.0648. The Morgan fingerprint density at radius 2 is 2.31 bits per heavy atom. The van der Waals surface area contributed by atoms with Crippen LogP contribution in [0.15, 0.2) is 18.3 Å². The number of hydrogen-bond acceptors (Lipinski definition) is 3. The molecular weight excluding hydrogens is 204 g/mol. The van der Waals surface area contributed by atoms with Crippen molar-refractivity contribution in [2.45, 2.75) is 20.3 Å². The van der Waals surface area contributed by atoms with Gasteiger partial charge < -0.3 is 5.32 Å². The van der Waals surface area contributed by atoms with Crippen molar-refractivity contribution in [2.24, 2.45) is 0 Å². The number of aromatic nitrogens is 3. The number of rotatable bonds is 3. The summed E-state index contributed by atoms with van der Waals surface area (Å²) in [6.45, 7) is 4.58. The molecule has 5 heteroatoms. The lowest BCUT2D eigenvalue weighted by Crippen LogP contribution is -2.24. The van der Waals surface area contributed by atoms with E-state index in [0.717, 1.165) is 12.2 Å². The van der Waals surface area contributed by atoms with Crippen molar-refractivity contribution < 1.29 is 4.79 Å². The van der Waals surface area contributed by atoms with E-state index in [1.807, 2.05) is 24.4 Å². The zero-order valence-electron chi connectivity index (χ0n) is 9.40. The van der Waals surface area contributed by atoms with Gasteiger partial charge in [0.1, 0.15) is 5.82 Å². The maximum absolute atomic E-state index is 11.7. The topological polar surface area (TPSA) is 59.3 Å². The number of amides is 1. The summed E-state index contributed by atoms with van der Waals surface area (Å²) in [5.41, 5.74) is 1.31. The second kappa shape index (κ2) is 4.30. The van der Waals surface area contributed by atoms with E-state index >= 15 is 0 Å².